The van der Waals surface area contributed by atoms with E-state index in [-0.39, 0.29) is 6.09 Å². The Morgan fingerprint density at radius 1 is 1.35 bits per heavy atom. The van der Waals surface area contributed by atoms with Crippen molar-refractivity contribution < 1.29 is 9.53 Å². The standard InChI is InChI=1S/C13H23NO2S/c1-10(17)9-11-5-7-14(8-6-11)12(15)16-13(2,3)4/h11H,5-9H2,1-4H3. The zero-order valence-electron chi connectivity index (χ0n) is 11.3. The number of ether oxygens (including phenoxy) is 1. The molecular weight excluding hydrogens is 234 g/mol. The van der Waals surface area contributed by atoms with Gasteiger partial charge in [-0.05, 0) is 57.7 Å². The number of rotatable bonds is 2. The van der Waals surface area contributed by atoms with Crippen molar-refractivity contribution in [2.45, 2.75) is 52.6 Å². The van der Waals surface area contributed by atoms with Crippen LogP contribution < -0.4 is 0 Å². The normalized spacial score (nSPS) is 18.0. The largest absolute Gasteiger partial charge is 0.444 e. The second kappa shape index (κ2) is 5.80. The van der Waals surface area contributed by atoms with E-state index in [1.165, 1.54) is 0 Å². The van der Waals surface area contributed by atoms with Crippen molar-refractivity contribution in [2.75, 3.05) is 13.1 Å². The average Bonchev–Trinajstić information content (AvgIpc) is 2.15. The number of carbonyl (C=O) groups excluding carboxylic acids is 1. The van der Waals surface area contributed by atoms with Gasteiger partial charge in [0, 0.05) is 13.1 Å². The first-order chi connectivity index (χ1) is 7.78. The molecule has 1 fully saturated rings. The number of thiocarbonyl (C=S) groups is 1. The fraction of sp³-hybridized carbons (Fsp3) is 0.846. The van der Waals surface area contributed by atoms with Crippen LogP contribution in [0.2, 0.25) is 0 Å². The zero-order chi connectivity index (χ0) is 13.1. The van der Waals surface area contributed by atoms with E-state index in [9.17, 15) is 4.79 Å². The van der Waals surface area contributed by atoms with E-state index in [1.54, 1.807) is 4.90 Å². The Morgan fingerprint density at radius 2 is 1.88 bits per heavy atom. The summed E-state index contributed by atoms with van der Waals surface area (Å²) in [6.45, 7) is 9.27. The van der Waals surface area contributed by atoms with Gasteiger partial charge in [-0.15, -0.1) is 0 Å². The second-order valence-electron chi connectivity index (χ2n) is 5.82. The predicted octanol–water partition coefficient (Wildman–Crippen LogP) is 3.41. The van der Waals surface area contributed by atoms with Gasteiger partial charge in [-0.3, -0.25) is 0 Å². The third kappa shape index (κ3) is 5.48. The smallest absolute Gasteiger partial charge is 0.410 e. The maximum Gasteiger partial charge on any atom is 0.410 e. The minimum atomic E-state index is -0.404. The van der Waals surface area contributed by atoms with E-state index < -0.39 is 5.60 Å². The lowest BCUT2D eigenvalue weighted by Gasteiger charge is -2.33. The summed E-state index contributed by atoms with van der Waals surface area (Å²) < 4.78 is 5.35. The quantitative estimate of drug-likeness (QED) is 0.710. The van der Waals surface area contributed by atoms with E-state index >= 15 is 0 Å². The molecule has 1 aliphatic rings. The Kier molecular flexibility index (Phi) is 4.92. The molecular formula is C13H23NO2S. The van der Waals surface area contributed by atoms with Crippen LogP contribution in [0.15, 0.2) is 0 Å². The van der Waals surface area contributed by atoms with Gasteiger partial charge in [0.15, 0.2) is 0 Å². The summed E-state index contributed by atoms with van der Waals surface area (Å²) in [7, 11) is 0. The number of likely N-dealkylation sites (tertiary alicyclic amines) is 1. The van der Waals surface area contributed by atoms with E-state index in [0.29, 0.717) is 5.92 Å². The maximum absolute atomic E-state index is 11.8. The molecule has 0 unspecified atom stereocenters. The molecule has 0 N–H and O–H groups in total. The van der Waals surface area contributed by atoms with Crippen LogP contribution in [0.5, 0.6) is 0 Å². The van der Waals surface area contributed by atoms with E-state index in [1.807, 2.05) is 27.7 Å². The van der Waals surface area contributed by atoms with Crippen LogP contribution in [0, 0.1) is 5.92 Å². The van der Waals surface area contributed by atoms with Gasteiger partial charge in [0.25, 0.3) is 0 Å². The van der Waals surface area contributed by atoms with Crippen molar-refractivity contribution in [1.82, 2.24) is 4.90 Å². The molecule has 3 nitrogen and oxygen atoms in total. The molecule has 1 saturated heterocycles. The molecule has 0 aliphatic carbocycles. The highest BCUT2D eigenvalue weighted by Gasteiger charge is 2.26. The minimum absolute atomic E-state index is 0.185. The number of carbonyl (C=O) groups is 1. The first-order valence-electron chi connectivity index (χ1n) is 6.25. The lowest BCUT2D eigenvalue weighted by atomic mass is 9.93. The van der Waals surface area contributed by atoms with E-state index in [4.69, 9.17) is 17.0 Å². The maximum atomic E-state index is 11.8. The molecule has 17 heavy (non-hydrogen) atoms. The fourth-order valence-corrected chi connectivity index (χ4v) is 2.29. The molecule has 1 amide bonds. The van der Waals surface area contributed by atoms with Gasteiger partial charge in [0.05, 0.1) is 0 Å². The molecule has 0 spiro atoms. The Hall–Kier alpha value is -0.640. The van der Waals surface area contributed by atoms with Crippen molar-refractivity contribution >= 4 is 23.2 Å². The van der Waals surface area contributed by atoms with E-state index in [0.717, 1.165) is 37.2 Å². The van der Waals surface area contributed by atoms with Crippen LogP contribution in [0.3, 0.4) is 0 Å². The van der Waals surface area contributed by atoms with Gasteiger partial charge in [-0.1, -0.05) is 12.2 Å². The van der Waals surface area contributed by atoms with Crippen molar-refractivity contribution in [3.8, 4) is 0 Å². The first kappa shape index (κ1) is 14.4. The Balaban J connectivity index is 2.36. The number of piperidine rings is 1. The van der Waals surface area contributed by atoms with Gasteiger partial charge in [-0.2, -0.15) is 0 Å². The van der Waals surface area contributed by atoms with Crippen LogP contribution in [-0.2, 0) is 4.74 Å². The zero-order valence-corrected chi connectivity index (χ0v) is 12.1. The average molecular weight is 257 g/mol. The number of hydrogen-bond donors (Lipinski definition) is 0. The van der Waals surface area contributed by atoms with E-state index in [2.05, 4.69) is 0 Å². The Labute approximate surface area is 110 Å². The molecule has 0 aromatic carbocycles. The van der Waals surface area contributed by atoms with Crippen molar-refractivity contribution in [1.29, 1.82) is 0 Å². The SMILES string of the molecule is CC(=S)CC1CCN(C(=O)OC(C)(C)C)CC1. The number of nitrogens with zero attached hydrogens (tertiary/aromatic N) is 1. The fourth-order valence-electron chi connectivity index (χ4n) is 2.05. The van der Waals surface area contributed by atoms with Gasteiger partial charge in [-0.25, -0.2) is 4.79 Å². The predicted molar refractivity (Wildman–Crippen MR) is 73.4 cm³/mol. The summed E-state index contributed by atoms with van der Waals surface area (Å²) in [5.41, 5.74) is -0.404. The summed E-state index contributed by atoms with van der Waals surface area (Å²) >= 11 is 5.12. The van der Waals surface area contributed by atoms with Gasteiger partial charge in [0.2, 0.25) is 0 Å². The monoisotopic (exact) mass is 257 g/mol. The highest BCUT2D eigenvalue weighted by Crippen LogP contribution is 2.22. The molecule has 0 atom stereocenters. The topological polar surface area (TPSA) is 29.5 Å². The summed E-state index contributed by atoms with van der Waals surface area (Å²) in [5, 5.41) is 0. The first-order valence-corrected chi connectivity index (χ1v) is 6.66. The van der Waals surface area contributed by atoms with Crippen LogP contribution in [0.4, 0.5) is 4.79 Å². The molecule has 1 aliphatic heterocycles. The van der Waals surface area contributed by atoms with Gasteiger partial charge >= 0.3 is 6.09 Å². The van der Waals surface area contributed by atoms with Gasteiger partial charge in [0.1, 0.15) is 5.60 Å². The molecule has 1 heterocycles. The van der Waals surface area contributed by atoms with Crippen LogP contribution >= 0.6 is 12.2 Å². The third-order valence-electron chi connectivity index (χ3n) is 2.84. The van der Waals surface area contributed by atoms with Gasteiger partial charge < -0.3 is 9.64 Å². The molecule has 0 radical (unpaired) electrons. The van der Waals surface area contributed by atoms with Crippen molar-refractivity contribution in [3.63, 3.8) is 0 Å². The third-order valence-corrected chi connectivity index (χ3v) is 3.01. The molecule has 0 saturated carbocycles. The summed E-state index contributed by atoms with van der Waals surface area (Å²) in [5.74, 6) is 0.645. The van der Waals surface area contributed by atoms with Crippen molar-refractivity contribution in [3.05, 3.63) is 0 Å². The molecule has 0 bridgehead atoms. The molecule has 4 heteroatoms. The molecule has 1 rings (SSSR count). The van der Waals surface area contributed by atoms with Crippen LogP contribution in [0.1, 0.15) is 47.0 Å². The van der Waals surface area contributed by atoms with Crippen molar-refractivity contribution in [2.24, 2.45) is 5.92 Å². The lowest BCUT2D eigenvalue weighted by molar-refractivity contribution is 0.0186. The summed E-state index contributed by atoms with van der Waals surface area (Å²) in [6, 6.07) is 0. The molecule has 0 aromatic heterocycles. The van der Waals surface area contributed by atoms with Crippen LogP contribution in [0.25, 0.3) is 0 Å². The summed E-state index contributed by atoms with van der Waals surface area (Å²) in [4.78, 5) is 14.7. The molecule has 0 aromatic rings. The lowest BCUT2D eigenvalue weighted by Crippen LogP contribution is -2.41. The number of hydrogen-bond acceptors (Lipinski definition) is 3. The minimum Gasteiger partial charge on any atom is -0.444 e. The highest BCUT2D eigenvalue weighted by atomic mass is 32.1. The van der Waals surface area contributed by atoms with Crippen LogP contribution in [-0.4, -0.2) is 34.5 Å². The molecule has 98 valence electrons. The number of amides is 1. The Morgan fingerprint density at radius 3 is 2.29 bits per heavy atom. The second-order valence-corrected chi connectivity index (χ2v) is 6.51. The summed E-state index contributed by atoms with van der Waals surface area (Å²) in [6.07, 6.45) is 2.90. The Bertz CT molecular complexity index is 288. The highest BCUT2D eigenvalue weighted by molar-refractivity contribution is 7.80.